The number of ether oxygens (including phenoxy) is 1. The van der Waals surface area contributed by atoms with Crippen molar-refractivity contribution >= 4 is 23.3 Å². The summed E-state index contributed by atoms with van der Waals surface area (Å²) in [4.78, 5) is 22.8. The maximum atomic E-state index is 13.8. The van der Waals surface area contributed by atoms with E-state index in [1.165, 1.54) is 37.4 Å². The molecule has 14 heteroatoms. The third kappa shape index (κ3) is 6.46. The van der Waals surface area contributed by atoms with Crippen LogP contribution in [0.25, 0.3) is 0 Å². The van der Waals surface area contributed by atoms with Crippen molar-refractivity contribution in [1.29, 1.82) is 0 Å². The maximum absolute atomic E-state index is 13.8. The molecule has 3 aromatic rings. The van der Waals surface area contributed by atoms with Crippen molar-refractivity contribution in [3.8, 4) is 0 Å². The number of nitrogens with one attached hydrogen (secondary N) is 1. The molecule has 0 bridgehead atoms. The van der Waals surface area contributed by atoms with E-state index >= 15 is 0 Å². The van der Waals surface area contributed by atoms with Gasteiger partial charge in [-0.25, -0.2) is 14.4 Å². The van der Waals surface area contributed by atoms with Crippen LogP contribution < -0.4 is 5.32 Å². The highest BCUT2D eigenvalue weighted by Gasteiger charge is 2.49. The normalized spacial score (nSPS) is 23.5. The molecule has 2 fully saturated rings. The minimum Gasteiger partial charge on any atom is -0.368 e. The van der Waals surface area contributed by atoms with Crippen LogP contribution in [-0.2, 0) is 21.9 Å². The van der Waals surface area contributed by atoms with E-state index in [4.69, 9.17) is 16.3 Å². The summed E-state index contributed by atoms with van der Waals surface area (Å²) >= 11 is 5.87. The molecule has 2 saturated heterocycles. The molecule has 6 nitrogen and oxygen atoms in total. The van der Waals surface area contributed by atoms with Gasteiger partial charge in [0, 0.05) is 37.2 Å². The molecule has 0 aliphatic carbocycles. The molecule has 0 saturated carbocycles. The van der Waals surface area contributed by atoms with Gasteiger partial charge in [0.1, 0.15) is 11.6 Å². The van der Waals surface area contributed by atoms with Crippen LogP contribution >= 0.6 is 11.6 Å². The Kier molecular flexibility index (Phi) is 8.10. The van der Waals surface area contributed by atoms with Crippen molar-refractivity contribution in [2.75, 3.05) is 11.9 Å². The molecule has 0 radical (unpaired) electrons. The molecule has 1 aromatic heterocycles. The molecule has 0 spiro atoms. The fourth-order valence-electron chi connectivity index (χ4n) is 5.69. The molecule has 2 aliphatic rings. The zero-order valence-corrected chi connectivity index (χ0v) is 22.6. The van der Waals surface area contributed by atoms with Crippen LogP contribution in [0.15, 0.2) is 54.7 Å². The lowest BCUT2D eigenvalue weighted by molar-refractivity contribution is -0.143. The number of amides is 1. The lowest BCUT2D eigenvalue weighted by atomic mass is 9.84. The topological polar surface area (TPSA) is 67.3 Å². The highest BCUT2D eigenvalue weighted by molar-refractivity contribution is 6.28. The molecular formula is C28H24ClF7N4O2. The van der Waals surface area contributed by atoms with Gasteiger partial charge in [-0.2, -0.15) is 26.3 Å². The summed E-state index contributed by atoms with van der Waals surface area (Å²) in [5, 5.41) is 3.18. The number of rotatable bonds is 6. The van der Waals surface area contributed by atoms with Crippen LogP contribution in [-0.4, -0.2) is 45.5 Å². The predicted octanol–water partition coefficient (Wildman–Crippen LogP) is 7.02. The first-order valence-corrected chi connectivity index (χ1v) is 13.3. The van der Waals surface area contributed by atoms with Crippen LogP contribution in [0.5, 0.6) is 0 Å². The molecule has 2 aromatic carbocycles. The number of alkyl halides is 6. The molecule has 1 amide bonds. The van der Waals surface area contributed by atoms with Crippen LogP contribution in [0, 0.1) is 5.82 Å². The van der Waals surface area contributed by atoms with E-state index in [1.54, 1.807) is 11.0 Å². The Labute approximate surface area is 240 Å². The van der Waals surface area contributed by atoms with Crippen LogP contribution in [0.1, 0.15) is 54.0 Å². The number of carbonyl (C=O) groups excluding carboxylic acids is 1. The summed E-state index contributed by atoms with van der Waals surface area (Å²) in [6, 6.07) is 7.62. The predicted molar refractivity (Wildman–Crippen MR) is 138 cm³/mol. The number of fused-ring (bicyclic) bond motifs is 1. The van der Waals surface area contributed by atoms with Gasteiger partial charge in [-0.15, -0.1) is 0 Å². The highest BCUT2D eigenvalue weighted by atomic mass is 35.5. The number of hydrogen-bond acceptors (Lipinski definition) is 5. The monoisotopic (exact) mass is 616 g/mol. The van der Waals surface area contributed by atoms with Crippen LogP contribution in [0.3, 0.4) is 0 Å². The Morgan fingerprint density at radius 1 is 1.02 bits per heavy atom. The standard InChI is InChI=1S/C28H24ClF7N4O2/c1-14(16-8-17(27(31,32)33)10-18(9-16)28(34,35)36)42-22-13-40-21(25(22)15-2-4-19(30)5-3-15)11-20(12-24(40)41)38-23-6-7-37-26(29)39-23/h2-10,14,20-22,25H,11-13H2,1H3,(H,37,38,39)/t14-,20?,21+,22+,25?/m1/s1. The molecule has 42 heavy (non-hydrogen) atoms. The second-order valence-corrected chi connectivity index (χ2v) is 10.7. The number of hydrogen-bond donors (Lipinski definition) is 1. The summed E-state index contributed by atoms with van der Waals surface area (Å²) in [6.45, 7) is 1.41. The van der Waals surface area contributed by atoms with Crippen molar-refractivity contribution in [3.63, 3.8) is 0 Å². The summed E-state index contributed by atoms with van der Waals surface area (Å²) in [5.74, 6) is -0.872. The van der Waals surface area contributed by atoms with Gasteiger partial charge in [0.2, 0.25) is 11.2 Å². The molecule has 2 unspecified atom stereocenters. The maximum Gasteiger partial charge on any atom is 0.416 e. The second-order valence-electron chi connectivity index (χ2n) is 10.3. The second kappa shape index (κ2) is 11.3. The third-order valence-corrected chi connectivity index (χ3v) is 7.73. The number of halogens is 8. The van der Waals surface area contributed by atoms with Crippen molar-refractivity contribution in [1.82, 2.24) is 14.9 Å². The average Bonchev–Trinajstić information content (AvgIpc) is 3.26. The lowest BCUT2D eigenvalue weighted by Crippen LogP contribution is -2.48. The number of aromatic nitrogens is 2. The summed E-state index contributed by atoms with van der Waals surface area (Å²) in [6.07, 6.45) is -10.1. The lowest BCUT2D eigenvalue weighted by Gasteiger charge is -2.37. The number of carbonyl (C=O) groups is 1. The number of anilines is 1. The minimum atomic E-state index is -5.01. The van der Waals surface area contributed by atoms with E-state index in [0.717, 1.165) is 0 Å². The number of nitrogens with zero attached hydrogens (tertiary/aromatic N) is 3. The first-order valence-electron chi connectivity index (χ1n) is 12.9. The van der Waals surface area contributed by atoms with E-state index in [1.807, 2.05) is 0 Å². The molecule has 224 valence electrons. The third-order valence-electron chi connectivity index (χ3n) is 7.55. The molecule has 3 heterocycles. The first kappa shape index (κ1) is 30.0. The SMILES string of the molecule is C[C@@H](O[C@H]1CN2C(=O)CC(Nc3ccnc(Cl)n3)C[C@H]2C1c1ccc(F)cc1)c1cc(C(F)(F)F)cc(C(F)(F)F)c1. The summed E-state index contributed by atoms with van der Waals surface area (Å²) < 4.78 is 101. The Bertz CT molecular complexity index is 1420. The van der Waals surface area contributed by atoms with Gasteiger partial charge in [-0.05, 0) is 72.5 Å². The zero-order valence-electron chi connectivity index (χ0n) is 21.9. The van der Waals surface area contributed by atoms with Crippen molar-refractivity contribution < 1.29 is 40.3 Å². The van der Waals surface area contributed by atoms with Gasteiger partial charge >= 0.3 is 12.4 Å². The fourth-order valence-corrected chi connectivity index (χ4v) is 5.83. The summed E-state index contributed by atoms with van der Waals surface area (Å²) in [5.41, 5.74) is -2.60. The van der Waals surface area contributed by atoms with Gasteiger partial charge in [0.15, 0.2) is 0 Å². The van der Waals surface area contributed by atoms with E-state index in [0.29, 0.717) is 29.9 Å². The Morgan fingerprint density at radius 2 is 1.67 bits per heavy atom. The largest absolute Gasteiger partial charge is 0.416 e. The molecule has 2 aliphatic heterocycles. The molecule has 5 atom stereocenters. The van der Waals surface area contributed by atoms with E-state index in [-0.39, 0.29) is 41.8 Å². The fraction of sp³-hybridized carbons (Fsp3) is 0.393. The Hall–Kier alpha value is -3.45. The van der Waals surface area contributed by atoms with Gasteiger partial charge in [-0.1, -0.05) is 12.1 Å². The van der Waals surface area contributed by atoms with E-state index < -0.39 is 53.5 Å². The zero-order chi connectivity index (χ0) is 30.4. The van der Waals surface area contributed by atoms with Crippen LogP contribution in [0.2, 0.25) is 5.28 Å². The van der Waals surface area contributed by atoms with Gasteiger partial charge in [0.25, 0.3) is 0 Å². The van der Waals surface area contributed by atoms with Crippen molar-refractivity contribution in [3.05, 3.63) is 88.1 Å². The Balaban J connectivity index is 1.45. The smallest absolute Gasteiger partial charge is 0.368 e. The molecule has 1 N–H and O–H groups in total. The van der Waals surface area contributed by atoms with Crippen molar-refractivity contribution in [2.24, 2.45) is 0 Å². The Morgan fingerprint density at radius 3 is 2.26 bits per heavy atom. The molecule has 5 rings (SSSR count). The van der Waals surface area contributed by atoms with Crippen molar-refractivity contribution in [2.45, 2.75) is 62.3 Å². The van der Waals surface area contributed by atoms with E-state index in [2.05, 4.69) is 15.3 Å². The van der Waals surface area contributed by atoms with E-state index in [9.17, 15) is 35.5 Å². The van der Waals surface area contributed by atoms with Crippen LogP contribution in [0.4, 0.5) is 36.6 Å². The summed E-state index contributed by atoms with van der Waals surface area (Å²) in [7, 11) is 0. The quantitative estimate of drug-likeness (QED) is 0.238. The first-order chi connectivity index (χ1) is 19.7. The minimum absolute atomic E-state index is 0.0135. The van der Waals surface area contributed by atoms with Gasteiger partial charge in [-0.3, -0.25) is 4.79 Å². The number of piperidine rings is 1. The average molecular weight is 617 g/mol. The molecular weight excluding hydrogens is 593 g/mol. The number of benzene rings is 2. The van der Waals surface area contributed by atoms with Gasteiger partial charge < -0.3 is 15.0 Å². The van der Waals surface area contributed by atoms with Gasteiger partial charge in [0.05, 0.1) is 23.3 Å². The highest BCUT2D eigenvalue weighted by Crippen LogP contribution is 2.44.